The predicted molar refractivity (Wildman–Crippen MR) is 62.3 cm³/mol. The molecule has 1 aromatic rings. The molecular formula is C11H14BrNO2. The van der Waals surface area contributed by atoms with Crippen LogP contribution in [-0.2, 0) is 9.63 Å². The average Bonchev–Trinajstić information content (AvgIpc) is 2.18. The molecule has 82 valence electrons. The summed E-state index contributed by atoms with van der Waals surface area (Å²) in [7, 11) is 1.43. The topological polar surface area (TPSA) is 38.3 Å². The first-order valence-corrected chi connectivity index (χ1v) is 5.50. The van der Waals surface area contributed by atoms with Crippen LogP contribution in [0.25, 0.3) is 0 Å². The van der Waals surface area contributed by atoms with Crippen molar-refractivity contribution in [2.24, 2.45) is 0 Å². The van der Waals surface area contributed by atoms with Gasteiger partial charge in [-0.2, -0.15) is 0 Å². The van der Waals surface area contributed by atoms with Gasteiger partial charge >= 0.3 is 0 Å². The lowest BCUT2D eigenvalue weighted by molar-refractivity contribution is -0.131. The minimum absolute atomic E-state index is 0.104. The lowest BCUT2D eigenvalue weighted by atomic mass is 9.98. The number of benzene rings is 1. The number of hydrogen-bond donors (Lipinski definition) is 1. The van der Waals surface area contributed by atoms with Crippen molar-refractivity contribution >= 4 is 21.8 Å². The molecule has 0 aliphatic rings. The molecule has 0 spiro atoms. The Morgan fingerprint density at radius 2 is 2.07 bits per heavy atom. The Bertz CT molecular complexity index is 324. The molecule has 0 saturated heterocycles. The Hall–Kier alpha value is -0.870. The molecule has 1 rings (SSSR count). The second-order valence-electron chi connectivity index (χ2n) is 3.39. The van der Waals surface area contributed by atoms with Crippen molar-refractivity contribution in [3.63, 3.8) is 0 Å². The summed E-state index contributed by atoms with van der Waals surface area (Å²) in [4.78, 5) is 15.8. The average molecular weight is 272 g/mol. The maximum atomic E-state index is 11.2. The second kappa shape index (κ2) is 5.88. The highest BCUT2D eigenvalue weighted by atomic mass is 79.9. The molecule has 0 aliphatic heterocycles. The molecule has 0 heterocycles. The molecule has 0 saturated carbocycles. The van der Waals surface area contributed by atoms with Crippen molar-refractivity contribution in [3.05, 3.63) is 34.3 Å². The van der Waals surface area contributed by atoms with E-state index in [0.717, 1.165) is 10.0 Å². The molecule has 1 unspecified atom stereocenters. The van der Waals surface area contributed by atoms with Crippen molar-refractivity contribution in [2.75, 3.05) is 7.11 Å². The SMILES string of the molecule is CONC(=O)CC(C)c1ccc(Br)cc1. The van der Waals surface area contributed by atoms with Gasteiger partial charge in [0.25, 0.3) is 0 Å². The summed E-state index contributed by atoms with van der Waals surface area (Å²) in [6.07, 6.45) is 0.426. The molecule has 1 aromatic carbocycles. The highest BCUT2D eigenvalue weighted by Crippen LogP contribution is 2.20. The molecule has 15 heavy (non-hydrogen) atoms. The highest BCUT2D eigenvalue weighted by Gasteiger charge is 2.10. The van der Waals surface area contributed by atoms with E-state index in [4.69, 9.17) is 0 Å². The van der Waals surface area contributed by atoms with Crippen LogP contribution in [-0.4, -0.2) is 13.0 Å². The second-order valence-corrected chi connectivity index (χ2v) is 4.30. The van der Waals surface area contributed by atoms with E-state index in [9.17, 15) is 4.79 Å². The summed E-state index contributed by atoms with van der Waals surface area (Å²) in [5.74, 6) is 0.0844. The minimum atomic E-state index is -0.104. The van der Waals surface area contributed by atoms with E-state index in [2.05, 4.69) is 26.2 Å². The zero-order valence-electron chi connectivity index (χ0n) is 8.79. The van der Waals surface area contributed by atoms with Crippen LogP contribution in [0.4, 0.5) is 0 Å². The number of amides is 1. The zero-order chi connectivity index (χ0) is 11.3. The summed E-state index contributed by atoms with van der Waals surface area (Å²) in [5, 5.41) is 0. The monoisotopic (exact) mass is 271 g/mol. The number of nitrogens with one attached hydrogen (secondary N) is 1. The normalized spacial score (nSPS) is 12.2. The number of halogens is 1. The fourth-order valence-corrected chi connectivity index (χ4v) is 1.61. The van der Waals surface area contributed by atoms with Gasteiger partial charge in [0.15, 0.2) is 0 Å². The Morgan fingerprint density at radius 3 is 2.60 bits per heavy atom. The van der Waals surface area contributed by atoms with Gasteiger partial charge in [0.2, 0.25) is 5.91 Å². The van der Waals surface area contributed by atoms with Gasteiger partial charge in [-0.15, -0.1) is 0 Å². The standard InChI is InChI=1S/C11H14BrNO2/c1-8(7-11(14)13-15-2)9-3-5-10(12)6-4-9/h3-6,8H,7H2,1-2H3,(H,13,14). The zero-order valence-corrected chi connectivity index (χ0v) is 10.4. The van der Waals surface area contributed by atoms with Gasteiger partial charge < -0.3 is 0 Å². The van der Waals surface area contributed by atoms with Gasteiger partial charge in [-0.3, -0.25) is 9.63 Å². The Morgan fingerprint density at radius 1 is 1.47 bits per heavy atom. The van der Waals surface area contributed by atoms with E-state index in [-0.39, 0.29) is 11.8 Å². The molecule has 1 N–H and O–H groups in total. The van der Waals surface area contributed by atoms with Crippen molar-refractivity contribution < 1.29 is 9.63 Å². The van der Waals surface area contributed by atoms with Crippen LogP contribution in [0.2, 0.25) is 0 Å². The van der Waals surface area contributed by atoms with Gasteiger partial charge in [0.05, 0.1) is 7.11 Å². The fourth-order valence-electron chi connectivity index (χ4n) is 1.34. The first-order chi connectivity index (χ1) is 7.13. The Labute approximate surface area is 97.9 Å². The van der Waals surface area contributed by atoms with Crippen LogP contribution in [0.15, 0.2) is 28.7 Å². The number of carbonyl (C=O) groups is 1. The highest BCUT2D eigenvalue weighted by molar-refractivity contribution is 9.10. The van der Waals surface area contributed by atoms with E-state index in [1.54, 1.807) is 0 Å². The summed E-state index contributed by atoms with van der Waals surface area (Å²) in [6, 6.07) is 7.96. The summed E-state index contributed by atoms with van der Waals surface area (Å²) < 4.78 is 1.04. The quantitative estimate of drug-likeness (QED) is 0.856. The maximum Gasteiger partial charge on any atom is 0.244 e. The summed E-state index contributed by atoms with van der Waals surface area (Å²) in [5.41, 5.74) is 3.45. The molecule has 1 amide bonds. The predicted octanol–water partition coefficient (Wildman–Crippen LogP) is 2.62. The molecule has 0 radical (unpaired) electrons. The van der Waals surface area contributed by atoms with Crippen LogP contribution >= 0.6 is 15.9 Å². The van der Waals surface area contributed by atoms with Gasteiger partial charge in [-0.1, -0.05) is 35.0 Å². The smallest absolute Gasteiger partial charge is 0.244 e. The van der Waals surface area contributed by atoms with Crippen molar-refractivity contribution in [1.29, 1.82) is 0 Å². The number of hydrogen-bond acceptors (Lipinski definition) is 2. The molecule has 0 bridgehead atoms. The third-order valence-corrected chi connectivity index (χ3v) is 2.68. The van der Waals surface area contributed by atoms with Crippen LogP contribution < -0.4 is 5.48 Å². The van der Waals surface area contributed by atoms with Crippen molar-refractivity contribution in [3.8, 4) is 0 Å². The van der Waals surface area contributed by atoms with Crippen LogP contribution in [0, 0.1) is 0 Å². The molecule has 0 aromatic heterocycles. The fraction of sp³-hybridized carbons (Fsp3) is 0.364. The first-order valence-electron chi connectivity index (χ1n) is 4.70. The van der Waals surface area contributed by atoms with E-state index in [0.29, 0.717) is 6.42 Å². The number of carbonyl (C=O) groups excluding carboxylic acids is 1. The van der Waals surface area contributed by atoms with Crippen molar-refractivity contribution in [1.82, 2.24) is 5.48 Å². The van der Waals surface area contributed by atoms with Gasteiger partial charge in [-0.25, -0.2) is 5.48 Å². The molecule has 1 atom stereocenters. The largest absolute Gasteiger partial charge is 0.277 e. The van der Waals surface area contributed by atoms with Crippen LogP contribution in [0.5, 0.6) is 0 Å². The number of rotatable bonds is 4. The van der Waals surface area contributed by atoms with Gasteiger partial charge in [0, 0.05) is 10.9 Å². The van der Waals surface area contributed by atoms with E-state index in [1.165, 1.54) is 7.11 Å². The van der Waals surface area contributed by atoms with E-state index in [1.807, 2.05) is 31.2 Å². The lowest BCUT2D eigenvalue weighted by Crippen LogP contribution is -2.23. The van der Waals surface area contributed by atoms with Crippen LogP contribution in [0.1, 0.15) is 24.8 Å². The van der Waals surface area contributed by atoms with Crippen molar-refractivity contribution in [2.45, 2.75) is 19.3 Å². The van der Waals surface area contributed by atoms with E-state index < -0.39 is 0 Å². The molecule has 0 fully saturated rings. The first kappa shape index (κ1) is 12.2. The molecule has 4 heteroatoms. The van der Waals surface area contributed by atoms with Crippen LogP contribution in [0.3, 0.4) is 0 Å². The molecular weight excluding hydrogens is 258 g/mol. The Balaban J connectivity index is 2.57. The summed E-state index contributed by atoms with van der Waals surface area (Å²) in [6.45, 7) is 2.01. The van der Waals surface area contributed by atoms with Gasteiger partial charge in [0.1, 0.15) is 0 Å². The summed E-state index contributed by atoms with van der Waals surface area (Å²) >= 11 is 3.37. The number of hydroxylamine groups is 1. The lowest BCUT2D eigenvalue weighted by Gasteiger charge is -2.11. The molecule has 3 nitrogen and oxygen atoms in total. The molecule has 0 aliphatic carbocycles. The maximum absolute atomic E-state index is 11.2. The van der Waals surface area contributed by atoms with E-state index >= 15 is 0 Å². The third kappa shape index (κ3) is 4.01. The third-order valence-electron chi connectivity index (χ3n) is 2.15. The Kier molecular flexibility index (Phi) is 4.78. The van der Waals surface area contributed by atoms with Gasteiger partial charge in [-0.05, 0) is 23.6 Å². The minimum Gasteiger partial charge on any atom is -0.277 e.